The van der Waals surface area contributed by atoms with Crippen molar-refractivity contribution in [3.8, 4) is 5.69 Å². The van der Waals surface area contributed by atoms with Crippen LogP contribution in [0, 0.1) is 0 Å². The van der Waals surface area contributed by atoms with Crippen LogP contribution in [0.15, 0.2) is 54.7 Å². The minimum atomic E-state index is -1.16. The van der Waals surface area contributed by atoms with E-state index in [2.05, 4.69) is 10.3 Å². The molecule has 1 atom stereocenters. The third-order valence-corrected chi connectivity index (χ3v) is 5.77. The normalized spacial score (nSPS) is 20.8. The number of amides is 3. The van der Waals surface area contributed by atoms with E-state index in [0.717, 1.165) is 36.2 Å². The maximum absolute atomic E-state index is 13.2. The molecule has 1 N–H and O–H groups in total. The fourth-order valence-corrected chi connectivity index (χ4v) is 4.25. The van der Waals surface area contributed by atoms with E-state index in [9.17, 15) is 9.59 Å². The van der Waals surface area contributed by atoms with Gasteiger partial charge in [-0.1, -0.05) is 24.3 Å². The number of fused-ring (bicyclic) bond motifs is 1. The van der Waals surface area contributed by atoms with Gasteiger partial charge in [0.05, 0.1) is 23.6 Å². The molecule has 7 nitrogen and oxygen atoms in total. The number of nitrogens with one attached hydrogen (secondary N) is 1. The predicted octanol–water partition coefficient (Wildman–Crippen LogP) is 2.72. The second kappa shape index (κ2) is 6.55. The highest BCUT2D eigenvalue weighted by Gasteiger charge is 2.50. The lowest BCUT2D eigenvalue weighted by molar-refractivity contribution is -0.131. The van der Waals surface area contributed by atoms with E-state index >= 15 is 0 Å². The average Bonchev–Trinajstić information content (AvgIpc) is 3.41. The van der Waals surface area contributed by atoms with Crippen molar-refractivity contribution in [1.29, 1.82) is 0 Å². The number of carbonyl (C=O) groups is 2. The first-order chi connectivity index (χ1) is 14.1. The minimum Gasteiger partial charge on any atom is -0.318 e. The molecule has 1 unspecified atom stereocenters. The number of imide groups is 1. The average molecular weight is 387 g/mol. The highest BCUT2D eigenvalue weighted by atomic mass is 16.2. The third kappa shape index (κ3) is 2.73. The van der Waals surface area contributed by atoms with Crippen LogP contribution in [0.2, 0.25) is 0 Å². The quantitative estimate of drug-likeness (QED) is 0.698. The summed E-state index contributed by atoms with van der Waals surface area (Å²) >= 11 is 0. The third-order valence-electron chi connectivity index (χ3n) is 5.77. The molecule has 0 bridgehead atoms. The number of aromatic nitrogens is 3. The van der Waals surface area contributed by atoms with Gasteiger partial charge in [-0.15, -0.1) is 0 Å². The summed E-state index contributed by atoms with van der Waals surface area (Å²) in [7, 11) is 0. The topological polar surface area (TPSA) is 80.1 Å². The van der Waals surface area contributed by atoms with Crippen LogP contribution in [0.25, 0.3) is 5.69 Å². The van der Waals surface area contributed by atoms with Gasteiger partial charge in [0.1, 0.15) is 0 Å². The highest BCUT2D eigenvalue weighted by Crippen LogP contribution is 2.32. The van der Waals surface area contributed by atoms with Crippen LogP contribution in [0.3, 0.4) is 0 Å². The van der Waals surface area contributed by atoms with E-state index in [1.165, 1.54) is 10.6 Å². The van der Waals surface area contributed by atoms with Crippen molar-refractivity contribution < 1.29 is 9.59 Å². The van der Waals surface area contributed by atoms with E-state index in [1.807, 2.05) is 41.1 Å². The number of urea groups is 1. The fourth-order valence-electron chi connectivity index (χ4n) is 4.25. The van der Waals surface area contributed by atoms with Gasteiger partial charge in [0.2, 0.25) is 0 Å². The largest absolute Gasteiger partial charge is 0.325 e. The first-order valence-electron chi connectivity index (χ1n) is 9.78. The standard InChI is InChI=1S/C22H21N5O2/c1-22(19-12-5-6-13-23-19)20(28)26(21(29)24-22)14-17-16-10-7-11-18(16)27(25-17)15-8-3-2-4-9-15/h2-6,8-9,12-13H,7,10-11,14H2,1H3,(H,24,29). The Hall–Kier alpha value is -3.48. The SMILES string of the molecule is CC1(c2ccccn2)NC(=O)N(Cc2nn(-c3ccccc3)c3c2CCC3)C1=O. The number of carbonyl (C=O) groups excluding carboxylic acids is 2. The van der Waals surface area contributed by atoms with E-state index in [4.69, 9.17) is 5.10 Å². The van der Waals surface area contributed by atoms with Crippen LogP contribution in [-0.4, -0.2) is 31.6 Å². The fraction of sp³-hybridized carbons (Fsp3) is 0.273. The van der Waals surface area contributed by atoms with Crippen LogP contribution in [0.4, 0.5) is 4.79 Å². The maximum Gasteiger partial charge on any atom is 0.325 e. The molecule has 1 aromatic carbocycles. The molecule has 5 rings (SSSR count). The van der Waals surface area contributed by atoms with E-state index < -0.39 is 11.6 Å². The van der Waals surface area contributed by atoms with Gasteiger partial charge in [0.15, 0.2) is 5.54 Å². The van der Waals surface area contributed by atoms with Crippen molar-refractivity contribution in [1.82, 2.24) is 25.0 Å². The van der Waals surface area contributed by atoms with Crippen LogP contribution in [-0.2, 0) is 29.7 Å². The lowest BCUT2D eigenvalue weighted by Crippen LogP contribution is -2.41. The Balaban J connectivity index is 1.48. The Morgan fingerprint density at radius 2 is 1.86 bits per heavy atom. The van der Waals surface area contributed by atoms with Gasteiger partial charge in [-0.3, -0.25) is 14.7 Å². The molecule has 3 heterocycles. The maximum atomic E-state index is 13.2. The second-order valence-corrected chi connectivity index (χ2v) is 7.63. The first kappa shape index (κ1) is 17.6. The minimum absolute atomic E-state index is 0.162. The zero-order chi connectivity index (χ0) is 20.0. The van der Waals surface area contributed by atoms with Crippen LogP contribution >= 0.6 is 0 Å². The number of hydrogen-bond donors (Lipinski definition) is 1. The molecule has 1 aliphatic carbocycles. The summed E-state index contributed by atoms with van der Waals surface area (Å²) in [6.07, 6.45) is 4.54. The van der Waals surface area contributed by atoms with Gasteiger partial charge in [-0.05, 0) is 56.0 Å². The van der Waals surface area contributed by atoms with Crippen molar-refractivity contribution >= 4 is 11.9 Å². The van der Waals surface area contributed by atoms with Crippen LogP contribution < -0.4 is 5.32 Å². The predicted molar refractivity (Wildman–Crippen MR) is 106 cm³/mol. The Bertz CT molecular complexity index is 1090. The van der Waals surface area contributed by atoms with Gasteiger partial charge < -0.3 is 5.32 Å². The van der Waals surface area contributed by atoms with E-state index in [1.54, 1.807) is 25.3 Å². The Kier molecular flexibility index (Phi) is 3.97. The Labute approximate surface area is 168 Å². The Morgan fingerprint density at radius 3 is 2.62 bits per heavy atom. The summed E-state index contributed by atoms with van der Waals surface area (Å²) in [5.74, 6) is -0.304. The number of rotatable bonds is 4. The van der Waals surface area contributed by atoms with E-state index in [0.29, 0.717) is 5.69 Å². The molecule has 7 heteroatoms. The number of nitrogens with zero attached hydrogens (tertiary/aromatic N) is 4. The van der Waals surface area contributed by atoms with Gasteiger partial charge >= 0.3 is 6.03 Å². The lowest BCUT2D eigenvalue weighted by Gasteiger charge is -2.20. The zero-order valence-corrected chi connectivity index (χ0v) is 16.1. The molecule has 0 saturated carbocycles. The van der Waals surface area contributed by atoms with Crippen molar-refractivity contribution in [2.45, 2.75) is 38.3 Å². The molecule has 2 aliphatic rings. The van der Waals surface area contributed by atoms with Gasteiger partial charge in [0.25, 0.3) is 5.91 Å². The highest BCUT2D eigenvalue weighted by molar-refractivity contribution is 6.06. The molecule has 2 aromatic heterocycles. The second-order valence-electron chi connectivity index (χ2n) is 7.63. The summed E-state index contributed by atoms with van der Waals surface area (Å²) in [6, 6.07) is 14.9. The molecule has 0 spiro atoms. The molecule has 0 radical (unpaired) electrons. The molecular weight excluding hydrogens is 366 g/mol. The van der Waals surface area contributed by atoms with Crippen molar-refractivity contribution in [3.05, 3.63) is 77.4 Å². The number of benzene rings is 1. The zero-order valence-electron chi connectivity index (χ0n) is 16.1. The number of pyridine rings is 1. The Morgan fingerprint density at radius 1 is 1.07 bits per heavy atom. The number of para-hydroxylation sites is 1. The van der Waals surface area contributed by atoms with Crippen molar-refractivity contribution in [3.63, 3.8) is 0 Å². The molecule has 3 amide bonds. The van der Waals surface area contributed by atoms with Crippen LogP contribution in [0.1, 0.15) is 36.0 Å². The lowest BCUT2D eigenvalue weighted by atomic mass is 9.97. The smallest absolute Gasteiger partial charge is 0.318 e. The van der Waals surface area contributed by atoms with Gasteiger partial charge in [-0.2, -0.15) is 5.10 Å². The molecule has 29 heavy (non-hydrogen) atoms. The summed E-state index contributed by atoms with van der Waals surface area (Å²) < 4.78 is 1.95. The monoisotopic (exact) mass is 387 g/mol. The molecule has 1 saturated heterocycles. The molecular formula is C22H21N5O2. The molecule has 146 valence electrons. The summed E-state index contributed by atoms with van der Waals surface area (Å²) in [5.41, 5.74) is 3.47. The number of hydrogen-bond acceptors (Lipinski definition) is 4. The van der Waals surface area contributed by atoms with E-state index in [-0.39, 0.29) is 12.5 Å². The molecule has 1 fully saturated rings. The summed E-state index contributed by atoms with van der Waals surface area (Å²) in [4.78, 5) is 31.4. The van der Waals surface area contributed by atoms with Gasteiger partial charge in [-0.25, -0.2) is 9.48 Å². The van der Waals surface area contributed by atoms with Gasteiger partial charge in [0, 0.05) is 11.9 Å². The summed E-state index contributed by atoms with van der Waals surface area (Å²) in [6.45, 7) is 1.86. The van der Waals surface area contributed by atoms with Crippen molar-refractivity contribution in [2.24, 2.45) is 0 Å². The molecule has 1 aliphatic heterocycles. The molecule has 3 aromatic rings. The summed E-state index contributed by atoms with van der Waals surface area (Å²) in [5, 5.41) is 7.60. The van der Waals surface area contributed by atoms with Crippen molar-refractivity contribution in [2.75, 3.05) is 0 Å². The first-order valence-corrected chi connectivity index (χ1v) is 9.78. The van der Waals surface area contributed by atoms with Crippen LogP contribution in [0.5, 0.6) is 0 Å².